The molecule has 0 spiro atoms. The maximum absolute atomic E-state index is 11.4. The number of anilines is 1. The van der Waals surface area contributed by atoms with Gasteiger partial charge in [-0.3, -0.25) is 9.78 Å². The number of nitrogens with zero attached hydrogens (tertiary/aromatic N) is 1. The molecular weight excluding hydrogens is 240 g/mol. The van der Waals surface area contributed by atoms with Gasteiger partial charge in [0.05, 0.1) is 18.5 Å². The highest BCUT2D eigenvalue weighted by Gasteiger charge is 2.07. The van der Waals surface area contributed by atoms with Crippen molar-refractivity contribution in [1.82, 2.24) is 4.98 Å². The predicted molar refractivity (Wildman–Crippen MR) is 75.1 cm³/mol. The van der Waals surface area contributed by atoms with Gasteiger partial charge >= 0.3 is 0 Å². The van der Waals surface area contributed by atoms with Crippen molar-refractivity contribution in [2.24, 2.45) is 0 Å². The van der Waals surface area contributed by atoms with Crippen LogP contribution in [0.25, 0.3) is 11.3 Å². The molecule has 1 aromatic carbocycles. The van der Waals surface area contributed by atoms with Crippen LogP contribution in [0.2, 0.25) is 0 Å². The van der Waals surface area contributed by atoms with Crippen LogP contribution < -0.4 is 10.1 Å². The Labute approximate surface area is 111 Å². The molecule has 4 heteroatoms. The second-order valence-corrected chi connectivity index (χ2v) is 3.82. The van der Waals surface area contributed by atoms with Crippen molar-refractivity contribution in [3.8, 4) is 17.0 Å². The molecule has 0 radical (unpaired) electrons. The Bertz CT molecular complexity index is 591. The average molecular weight is 254 g/mol. The van der Waals surface area contributed by atoms with Gasteiger partial charge in [0.15, 0.2) is 0 Å². The molecule has 2 aromatic rings. The number of hydrogen-bond acceptors (Lipinski definition) is 3. The van der Waals surface area contributed by atoms with Gasteiger partial charge in [0, 0.05) is 11.8 Å². The first-order valence-electron chi connectivity index (χ1n) is 5.77. The lowest BCUT2D eigenvalue weighted by molar-refractivity contribution is -0.111. The van der Waals surface area contributed by atoms with Crippen LogP contribution in [-0.2, 0) is 4.79 Å². The third-order valence-electron chi connectivity index (χ3n) is 2.61. The number of methoxy groups -OCH3 is 1. The molecule has 0 fully saturated rings. The molecular formula is C15H14N2O2. The van der Waals surface area contributed by atoms with Crippen LogP contribution >= 0.6 is 0 Å². The Kier molecular flexibility index (Phi) is 3.93. The van der Waals surface area contributed by atoms with E-state index in [2.05, 4.69) is 16.9 Å². The number of carbonyl (C=O) groups excluding carboxylic acids is 1. The highest BCUT2D eigenvalue weighted by molar-refractivity contribution is 6.01. The van der Waals surface area contributed by atoms with Crippen molar-refractivity contribution in [2.75, 3.05) is 12.4 Å². The van der Waals surface area contributed by atoms with E-state index in [-0.39, 0.29) is 5.91 Å². The van der Waals surface area contributed by atoms with E-state index in [1.165, 1.54) is 6.08 Å². The normalized spacial score (nSPS) is 9.74. The lowest BCUT2D eigenvalue weighted by atomic mass is 10.1. The van der Waals surface area contributed by atoms with E-state index in [1.807, 2.05) is 24.3 Å². The molecule has 0 aliphatic heterocycles. The zero-order chi connectivity index (χ0) is 13.7. The number of hydrogen-bond donors (Lipinski definition) is 1. The lowest BCUT2D eigenvalue weighted by Gasteiger charge is -2.09. The van der Waals surface area contributed by atoms with Crippen molar-refractivity contribution in [1.29, 1.82) is 0 Å². The second kappa shape index (κ2) is 5.82. The van der Waals surface area contributed by atoms with Crippen LogP contribution in [0.4, 0.5) is 5.69 Å². The first-order valence-corrected chi connectivity index (χ1v) is 5.77. The maximum Gasteiger partial charge on any atom is 0.247 e. The quantitative estimate of drug-likeness (QED) is 0.853. The molecule has 1 heterocycles. The fraction of sp³-hybridized carbons (Fsp3) is 0.0667. The number of benzene rings is 1. The highest BCUT2D eigenvalue weighted by atomic mass is 16.5. The van der Waals surface area contributed by atoms with Gasteiger partial charge in [-0.2, -0.15) is 0 Å². The zero-order valence-electron chi connectivity index (χ0n) is 10.6. The van der Waals surface area contributed by atoms with Gasteiger partial charge in [0.25, 0.3) is 0 Å². The van der Waals surface area contributed by atoms with Crippen molar-refractivity contribution in [2.45, 2.75) is 0 Å². The topological polar surface area (TPSA) is 51.2 Å². The molecule has 96 valence electrons. The van der Waals surface area contributed by atoms with Gasteiger partial charge in [-0.05, 0) is 42.5 Å². The van der Waals surface area contributed by atoms with Crippen LogP contribution in [0.15, 0.2) is 55.3 Å². The number of pyridine rings is 1. The summed E-state index contributed by atoms with van der Waals surface area (Å²) in [5.41, 5.74) is 2.26. The van der Waals surface area contributed by atoms with Crippen LogP contribution in [-0.4, -0.2) is 18.0 Å². The van der Waals surface area contributed by atoms with E-state index in [1.54, 1.807) is 25.4 Å². The molecule has 0 unspecified atom stereocenters. The third kappa shape index (κ3) is 2.98. The van der Waals surface area contributed by atoms with Crippen LogP contribution in [0.1, 0.15) is 0 Å². The van der Waals surface area contributed by atoms with Crippen LogP contribution in [0.3, 0.4) is 0 Å². The van der Waals surface area contributed by atoms with Crippen molar-refractivity contribution in [3.05, 3.63) is 55.3 Å². The van der Waals surface area contributed by atoms with E-state index in [9.17, 15) is 4.79 Å². The summed E-state index contributed by atoms with van der Waals surface area (Å²) in [6.45, 7) is 3.43. The Morgan fingerprint density at radius 3 is 2.68 bits per heavy atom. The summed E-state index contributed by atoms with van der Waals surface area (Å²) in [6.07, 6.45) is 2.91. The Balaban J connectivity index is 2.37. The van der Waals surface area contributed by atoms with Gasteiger partial charge in [0.1, 0.15) is 5.75 Å². The van der Waals surface area contributed by atoms with Gasteiger partial charge in [-0.1, -0.05) is 6.58 Å². The fourth-order valence-electron chi connectivity index (χ4n) is 1.67. The largest absolute Gasteiger partial charge is 0.497 e. The monoisotopic (exact) mass is 254 g/mol. The molecule has 1 amide bonds. The summed E-state index contributed by atoms with van der Waals surface area (Å²) in [4.78, 5) is 15.7. The van der Waals surface area contributed by atoms with Crippen LogP contribution in [0, 0.1) is 0 Å². The van der Waals surface area contributed by atoms with Gasteiger partial charge in [0.2, 0.25) is 5.91 Å². The minimum Gasteiger partial charge on any atom is -0.497 e. The molecule has 0 aliphatic rings. The van der Waals surface area contributed by atoms with E-state index in [0.29, 0.717) is 11.4 Å². The number of carbonyl (C=O) groups is 1. The molecule has 0 atom stereocenters. The summed E-state index contributed by atoms with van der Waals surface area (Å²) in [5, 5.41) is 2.74. The van der Waals surface area contributed by atoms with Gasteiger partial charge < -0.3 is 10.1 Å². The van der Waals surface area contributed by atoms with E-state index in [4.69, 9.17) is 4.74 Å². The van der Waals surface area contributed by atoms with Crippen LogP contribution in [0.5, 0.6) is 5.75 Å². The van der Waals surface area contributed by atoms with Gasteiger partial charge in [-0.15, -0.1) is 0 Å². The van der Waals surface area contributed by atoms with E-state index in [0.717, 1.165) is 11.3 Å². The minimum atomic E-state index is -0.261. The summed E-state index contributed by atoms with van der Waals surface area (Å²) in [7, 11) is 1.62. The average Bonchev–Trinajstić information content (AvgIpc) is 2.48. The number of ether oxygens (including phenoxy) is 1. The highest BCUT2D eigenvalue weighted by Crippen LogP contribution is 2.26. The van der Waals surface area contributed by atoms with E-state index >= 15 is 0 Å². The molecule has 4 nitrogen and oxygen atoms in total. The molecule has 0 aliphatic carbocycles. The second-order valence-electron chi connectivity index (χ2n) is 3.82. The molecule has 0 saturated carbocycles. The molecule has 2 rings (SSSR count). The van der Waals surface area contributed by atoms with Crippen molar-refractivity contribution < 1.29 is 9.53 Å². The van der Waals surface area contributed by atoms with Crippen molar-refractivity contribution >= 4 is 11.6 Å². The number of nitrogens with one attached hydrogen (secondary N) is 1. The Morgan fingerprint density at radius 1 is 1.32 bits per heavy atom. The van der Waals surface area contributed by atoms with Gasteiger partial charge in [-0.25, -0.2) is 0 Å². The summed E-state index contributed by atoms with van der Waals surface area (Å²) >= 11 is 0. The summed E-state index contributed by atoms with van der Waals surface area (Å²) in [6, 6.07) is 11.1. The number of amides is 1. The van der Waals surface area contributed by atoms with Crippen molar-refractivity contribution in [3.63, 3.8) is 0 Å². The maximum atomic E-state index is 11.4. The summed E-state index contributed by atoms with van der Waals surface area (Å²) < 4.78 is 5.11. The third-order valence-corrected chi connectivity index (χ3v) is 2.61. The first-order chi connectivity index (χ1) is 9.24. The predicted octanol–water partition coefficient (Wildman–Crippen LogP) is 2.88. The molecule has 1 N–H and O–H groups in total. The zero-order valence-corrected chi connectivity index (χ0v) is 10.6. The standard InChI is InChI=1S/C15H14N2O2/c1-3-14(18)17-13-5-4-10-16-15(13)11-6-8-12(19-2)9-7-11/h3-10H,1H2,2H3,(H,17,18). The Morgan fingerprint density at radius 2 is 2.05 bits per heavy atom. The number of aromatic nitrogens is 1. The number of rotatable bonds is 4. The van der Waals surface area contributed by atoms with E-state index < -0.39 is 0 Å². The molecule has 0 saturated heterocycles. The molecule has 1 aromatic heterocycles. The molecule has 0 bridgehead atoms. The Hall–Kier alpha value is -2.62. The first kappa shape index (κ1) is 12.8. The molecule has 19 heavy (non-hydrogen) atoms. The lowest BCUT2D eigenvalue weighted by Crippen LogP contribution is -2.08. The SMILES string of the molecule is C=CC(=O)Nc1cccnc1-c1ccc(OC)cc1. The smallest absolute Gasteiger partial charge is 0.247 e. The fourth-order valence-corrected chi connectivity index (χ4v) is 1.67. The summed E-state index contributed by atoms with van der Waals surface area (Å²) in [5.74, 6) is 0.513. The minimum absolute atomic E-state index is 0.261.